The van der Waals surface area contributed by atoms with Crippen LogP contribution in [-0.2, 0) is 6.54 Å². The molecule has 1 aromatic carbocycles. The van der Waals surface area contributed by atoms with E-state index in [1.165, 1.54) is 11.8 Å². The van der Waals surface area contributed by atoms with E-state index in [1.54, 1.807) is 0 Å². The number of oxazole rings is 1. The maximum Gasteiger partial charge on any atom is 0.315 e. The monoisotopic (exact) mass is 331 g/mol. The highest BCUT2D eigenvalue weighted by Gasteiger charge is 2.13. The Bertz CT molecular complexity index is 652. The van der Waals surface area contributed by atoms with Crippen LogP contribution in [0.15, 0.2) is 34.9 Å². The molecule has 0 aliphatic carbocycles. The van der Waals surface area contributed by atoms with Crippen LogP contribution in [0.25, 0.3) is 11.5 Å². The van der Waals surface area contributed by atoms with E-state index in [-0.39, 0.29) is 25.0 Å². The lowest BCUT2D eigenvalue weighted by Gasteiger charge is -2.17. The molecular formula is C18H25N3O3. The van der Waals surface area contributed by atoms with Crippen LogP contribution in [0, 0.1) is 12.8 Å². The Morgan fingerprint density at radius 3 is 2.67 bits per heavy atom. The molecule has 0 aliphatic heterocycles. The van der Waals surface area contributed by atoms with Crippen LogP contribution in [0.5, 0.6) is 0 Å². The van der Waals surface area contributed by atoms with Crippen LogP contribution < -0.4 is 10.6 Å². The third-order valence-corrected chi connectivity index (χ3v) is 4.05. The van der Waals surface area contributed by atoms with E-state index in [4.69, 9.17) is 4.42 Å². The van der Waals surface area contributed by atoms with Gasteiger partial charge in [0, 0.05) is 12.1 Å². The fraction of sp³-hybridized carbons (Fsp3) is 0.444. The van der Waals surface area contributed by atoms with Gasteiger partial charge in [0.1, 0.15) is 6.26 Å². The van der Waals surface area contributed by atoms with E-state index in [2.05, 4.69) is 15.6 Å². The molecular weight excluding hydrogens is 306 g/mol. The second-order valence-corrected chi connectivity index (χ2v) is 6.03. The van der Waals surface area contributed by atoms with Crippen molar-refractivity contribution in [3.05, 3.63) is 41.8 Å². The van der Waals surface area contributed by atoms with Gasteiger partial charge in [-0.05, 0) is 25.0 Å². The number of nitrogens with zero attached hydrogens (tertiary/aromatic N) is 1. The first kappa shape index (κ1) is 18.0. The molecule has 6 heteroatoms. The number of aromatic nitrogens is 1. The fourth-order valence-electron chi connectivity index (χ4n) is 2.12. The molecule has 0 saturated heterocycles. The summed E-state index contributed by atoms with van der Waals surface area (Å²) in [6.45, 7) is 6.47. The Hall–Kier alpha value is -2.34. The number of carbonyl (C=O) groups is 1. The van der Waals surface area contributed by atoms with Crippen molar-refractivity contribution in [1.29, 1.82) is 0 Å². The molecule has 0 aliphatic rings. The zero-order valence-corrected chi connectivity index (χ0v) is 14.4. The SMILES string of the molecule is CCC(C)C(O)CNC(=O)NCc1coc(-c2ccc(C)cc2)n1. The third-order valence-electron chi connectivity index (χ3n) is 4.05. The van der Waals surface area contributed by atoms with Crippen molar-refractivity contribution in [3.8, 4) is 11.5 Å². The number of carbonyl (C=O) groups excluding carboxylic acids is 1. The van der Waals surface area contributed by atoms with Crippen molar-refractivity contribution >= 4 is 6.03 Å². The summed E-state index contributed by atoms with van der Waals surface area (Å²) in [5, 5.41) is 15.2. The first-order valence-electron chi connectivity index (χ1n) is 8.20. The van der Waals surface area contributed by atoms with Gasteiger partial charge in [-0.2, -0.15) is 0 Å². The van der Waals surface area contributed by atoms with Crippen LogP contribution in [0.4, 0.5) is 4.79 Å². The van der Waals surface area contributed by atoms with Crippen molar-refractivity contribution < 1.29 is 14.3 Å². The zero-order valence-electron chi connectivity index (χ0n) is 14.4. The number of aliphatic hydroxyl groups excluding tert-OH is 1. The van der Waals surface area contributed by atoms with E-state index < -0.39 is 6.10 Å². The summed E-state index contributed by atoms with van der Waals surface area (Å²) in [5.41, 5.74) is 2.71. The number of hydrogen-bond donors (Lipinski definition) is 3. The minimum absolute atomic E-state index is 0.151. The van der Waals surface area contributed by atoms with Crippen LogP contribution in [-0.4, -0.2) is 28.8 Å². The minimum atomic E-state index is -0.541. The lowest BCUT2D eigenvalue weighted by atomic mass is 10.0. The van der Waals surface area contributed by atoms with Crippen LogP contribution >= 0.6 is 0 Å². The maximum atomic E-state index is 11.8. The summed E-state index contributed by atoms with van der Waals surface area (Å²) in [6, 6.07) is 7.54. The molecule has 2 atom stereocenters. The molecule has 2 amide bonds. The van der Waals surface area contributed by atoms with Crippen LogP contribution in [0.1, 0.15) is 31.5 Å². The molecule has 2 unspecified atom stereocenters. The summed E-state index contributed by atoms with van der Waals surface area (Å²) in [4.78, 5) is 16.1. The molecule has 6 nitrogen and oxygen atoms in total. The van der Waals surface area contributed by atoms with E-state index in [0.717, 1.165) is 12.0 Å². The molecule has 1 heterocycles. The number of rotatable bonds is 7. The highest BCUT2D eigenvalue weighted by Crippen LogP contribution is 2.18. The summed E-state index contributed by atoms with van der Waals surface area (Å²) < 4.78 is 5.44. The molecule has 3 N–H and O–H groups in total. The topological polar surface area (TPSA) is 87.4 Å². The van der Waals surface area contributed by atoms with Gasteiger partial charge in [0.2, 0.25) is 5.89 Å². The summed E-state index contributed by atoms with van der Waals surface area (Å²) >= 11 is 0. The van der Waals surface area contributed by atoms with Gasteiger partial charge in [0.05, 0.1) is 18.3 Å². The molecule has 24 heavy (non-hydrogen) atoms. The highest BCUT2D eigenvalue weighted by molar-refractivity contribution is 5.73. The Morgan fingerprint density at radius 2 is 2.00 bits per heavy atom. The number of urea groups is 1. The molecule has 2 aromatic rings. The molecule has 0 radical (unpaired) electrons. The van der Waals surface area contributed by atoms with Crippen LogP contribution in [0.2, 0.25) is 0 Å². The second kappa shape index (κ2) is 8.49. The van der Waals surface area contributed by atoms with Gasteiger partial charge < -0.3 is 20.2 Å². The smallest absolute Gasteiger partial charge is 0.315 e. The third kappa shape index (κ3) is 5.09. The predicted molar refractivity (Wildman–Crippen MR) is 92.4 cm³/mol. The Labute approximate surface area is 142 Å². The molecule has 0 fully saturated rings. The first-order valence-corrected chi connectivity index (χ1v) is 8.20. The summed E-state index contributed by atoms with van der Waals surface area (Å²) in [7, 11) is 0. The predicted octanol–water partition coefficient (Wildman–Crippen LogP) is 2.86. The summed E-state index contributed by atoms with van der Waals surface area (Å²) in [5.74, 6) is 0.678. The van der Waals surface area contributed by atoms with E-state index in [9.17, 15) is 9.90 Å². The average Bonchev–Trinajstić information content (AvgIpc) is 3.06. The second-order valence-electron chi connectivity index (χ2n) is 6.03. The van der Waals surface area contributed by atoms with E-state index in [0.29, 0.717) is 11.6 Å². The lowest BCUT2D eigenvalue weighted by Crippen LogP contribution is -2.41. The van der Waals surface area contributed by atoms with E-state index in [1.807, 2.05) is 45.0 Å². The molecule has 2 rings (SSSR count). The van der Waals surface area contributed by atoms with Crippen molar-refractivity contribution in [2.24, 2.45) is 5.92 Å². The van der Waals surface area contributed by atoms with Gasteiger partial charge >= 0.3 is 6.03 Å². The number of aryl methyl sites for hydroxylation is 1. The first-order chi connectivity index (χ1) is 11.5. The maximum absolute atomic E-state index is 11.8. The molecule has 130 valence electrons. The molecule has 1 aromatic heterocycles. The summed E-state index contributed by atoms with van der Waals surface area (Å²) in [6.07, 6.45) is 1.86. The largest absolute Gasteiger partial charge is 0.444 e. The van der Waals surface area contributed by atoms with Gasteiger partial charge in [-0.15, -0.1) is 0 Å². The lowest BCUT2D eigenvalue weighted by molar-refractivity contribution is 0.114. The van der Waals surface area contributed by atoms with Crippen molar-refractivity contribution in [2.75, 3.05) is 6.54 Å². The molecule has 0 saturated carbocycles. The van der Waals surface area contributed by atoms with Crippen molar-refractivity contribution in [1.82, 2.24) is 15.6 Å². The normalized spacial score (nSPS) is 13.3. The zero-order chi connectivity index (χ0) is 17.5. The van der Waals surface area contributed by atoms with Gasteiger partial charge in [-0.25, -0.2) is 9.78 Å². The number of amides is 2. The van der Waals surface area contributed by atoms with Crippen molar-refractivity contribution in [3.63, 3.8) is 0 Å². The number of benzene rings is 1. The number of aliphatic hydroxyl groups is 1. The molecule has 0 spiro atoms. The van der Waals surface area contributed by atoms with Gasteiger partial charge in [-0.1, -0.05) is 38.0 Å². The standard InChI is InChI=1S/C18H25N3O3/c1-4-13(3)16(22)10-20-18(23)19-9-15-11-24-17(21-15)14-7-5-12(2)6-8-14/h5-8,11,13,16,22H,4,9-10H2,1-3H3,(H2,19,20,23). The average molecular weight is 331 g/mol. The fourth-order valence-corrected chi connectivity index (χ4v) is 2.12. The van der Waals surface area contributed by atoms with Gasteiger partial charge in [0.25, 0.3) is 0 Å². The minimum Gasteiger partial charge on any atom is -0.444 e. The highest BCUT2D eigenvalue weighted by atomic mass is 16.3. The van der Waals surface area contributed by atoms with Gasteiger partial charge in [-0.3, -0.25) is 0 Å². The Balaban J connectivity index is 1.80. The number of hydrogen-bond acceptors (Lipinski definition) is 4. The quantitative estimate of drug-likeness (QED) is 0.728. The van der Waals surface area contributed by atoms with Crippen LogP contribution in [0.3, 0.4) is 0 Å². The Kier molecular flexibility index (Phi) is 6.37. The number of nitrogens with one attached hydrogen (secondary N) is 2. The van der Waals surface area contributed by atoms with Gasteiger partial charge in [0.15, 0.2) is 0 Å². The molecule has 0 bridgehead atoms. The Morgan fingerprint density at radius 1 is 1.29 bits per heavy atom. The van der Waals surface area contributed by atoms with E-state index >= 15 is 0 Å². The van der Waals surface area contributed by atoms with Crippen molar-refractivity contribution in [2.45, 2.75) is 39.8 Å².